The Morgan fingerprint density at radius 3 is 2.45 bits per heavy atom. The predicted octanol–water partition coefficient (Wildman–Crippen LogP) is 6.94. The van der Waals surface area contributed by atoms with Gasteiger partial charge in [0.25, 0.3) is 5.91 Å². The molecule has 4 heterocycles. The number of hydrogen-bond acceptors (Lipinski definition) is 8. The molecule has 2 amide bonds. The maximum atomic E-state index is 13.7. The van der Waals surface area contributed by atoms with Gasteiger partial charge < -0.3 is 24.2 Å². The number of anilines is 1. The van der Waals surface area contributed by atoms with Crippen molar-refractivity contribution in [1.29, 1.82) is 0 Å². The van der Waals surface area contributed by atoms with E-state index in [-0.39, 0.29) is 29.2 Å². The number of likely N-dealkylation sites (tertiary alicyclic amines) is 1. The van der Waals surface area contributed by atoms with Gasteiger partial charge in [-0.1, -0.05) is 26.0 Å². The summed E-state index contributed by atoms with van der Waals surface area (Å²) in [6, 6.07) is 11.8. The summed E-state index contributed by atoms with van der Waals surface area (Å²) in [7, 11) is 1.77. The van der Waals surface area contributed by atoms with Gasteiger partial charge in [0.05, 0.1) is 28.8 Å². The number of nitrogens with zero attached hydrogens (tertiary/aromatic N) is 4. The van der Waals surface area contributed by atoms with Crippen LogP contribution >= 0.6 is 11.3 Å². The van der Waals surface area contributed by atoms with Gasteiger partial charge in [-0.2, -0.15) is 0 Å². The summed E-state index contributed by atoms with van der Waals surface area (Å²) in [5.41, 5.74) is 4.91. The average Bonchev–Trinajstić information content (AvgIpc) is 3.43. The van der Waals surface area contributed by atoms with Crippen LogP contribution in [0, 0.1) is 5.41 Å². The van der Waals surface area contributed by atoms with Gasteiger partial charge in [0, 0.05) is 68.6 Å². The summed E-state index contributed by atoms with van der Waals surface area (Å²) in [6.07, 6.45) is 4.29. The van der Waals surface area contributed by atoms with Crippen molar-refractivity contribution in [1.82, 2.24) is 14.8 Å². The number of carbonyl (C=O) groups excluding carboxylic acids is 3. The van der Waals surface area contributed by atoms with Crippen LogP contribution < -0.4 is 4.90 Å². The molecule has 3 aliphatic rings. The number of carbonyl (C=O) groups is 3. The Morgan fingerprint density at radius 1 is 1.02 bits per heavy atom. The smallest absolute Gasteiger partial charge is 0.410 e. The van der Waals surface area contributed by atoms with Crippen LogP contribution in [-0.2, 0) is 15.9 Å². The van der Waals surface area contributed by atoms with Crippen molar-refractivity contribution in [2.75, 3.05) is 51.3 Å². The van der Waals surface area contributed by atoms with Crippen molar-refractivity contribution in [3.8, 4) is 22.4 Å². The van der Waals surface area contributed by atoms with Crippen LogP contribution in [0.15, 0.2) is 42.6 Å². The van der Waals surface area contributed by atoms with E-state index in [9.17, 15) is 14.4 Å². The van der Waals surface area contributed by atoms with Crippen molar-refractivity contribution in [3.05, 3.63) is 58.6 Å². The molecule has 10 heteroatoms. The van der Waals surface area contributed by atoms with Gasteiger partial charge in [0.15, 0.2) is 5.78 Å². The van der Waals surface area contributed by atoms with Gasteiger partial charge in [-0.3, -0.25) is 14.6 Å². The number of morpholine rings is 1. The highest BCUT2D eigenvalue weighted by atomic mass is 32.1. The van der Waals surface area contributed by atoms with E-state index in [0.29, 0.717) is 51.1 Å². The Morgan fingerprint density at radius 2 is 1.74 bits per heavy atom. The third-order valence-corrected chi connectivity index (χ3v) is 10.6. The molecule has 2 fully saturated rings. The minimum Gasteiger partial charge on any atom is -0.444 e. The van der Waals surface area contributed by atoms with Crippen molar-refractivity contribution in [2.45, 2.75) is 71.9 Å². The predicted molar refractivity (Wildman–Crippen MR) is 185 cm³/mol. The molecule has 0 N–H and O–H groups in total. The maximum absolute atomic E-state index is 13.7. The van der Waals surface area contributed by atoms with Crippen LogP contribution in [0.5, 0.6) is 0 Å². The third-order valence-electron chi connectivity index (χ3n) is 9.27. The number of aromatic nitrogens is 1. The Labute approximate surface area is 281 Å². The molecule has 2 saturated heterocycles. The number of fused-ring (bicyclic) bond motifs is 1. The van der Waals surface area contributed by atoms with Crippen LogP contribution in [0.1, 0.15) is 79.5 Å². The number of benzene rings is 1. The fourth-order valence-corrected chi connectivity index (χ4v) is 8.20. The molecule has 0 saturated carbocycles. The lowest BCUT2D eigenvalue weighted by Gasteiger charge is -2.37. The molecule has 0 spiro atoms. The quantitative estimate of drug-likeness (QED) is 0.293. The number of piperidine rings is 1. The zero-order valence-corrected chi connectivity index (χ0v) is 29.2. The van der Waals surface area contributed by atoms with E-state index in [1.54, 1.807) is 23.3 Å². The molecule has 3 aromatic rings. The van der Waals surface area contributed by atoms with E-state index in [1.165, 1.54) is 0 Å². The number of Topliss-reactive ketones (excluding diaryl/α,β-unsaturated/α-hetero) is 1. The van der Waals surface area contributed by atoms with Crippen molar-refractivity contribution >= 4 is 34.1 Å². The Balaban J connectivity index is 1.23. The van der Waals surface area contributed by atoms with Crippen molar-refractivity contribution in [2.24, 2.45) is 5.41 Å². The van der Waals surface area contributed by atoms with E-state index in [4.69, 9.17) is 14.5 Å². The van der Waals surface area contributed by atoms with Crippen LogP contribution in [-0.4, -0.2) is 90.7 Å². The van der Waals surface area contributed by atoms with Crippen LogP contribution in [0.2, 0.25) is 0 Å². The van der Waals surface area contributed by atoms with Gasteiger partial charge in [0.2, 0.25) is 0 Å². The van der Waals surface area contributed by atoms with Gasteiger partial charge in [-0.15, -0.1) is 11.3 Å². The first kappa shape index (κ1) is 33.2. The monoisotopic (exact) mass is 658 g/mol. The number of hydrogen-bond donors (Lipinski definition) is 0. The lowest BCUT2D eigenvalue weighted by atomic mass is 9.75. The van der Waals surface area contributed by atoms with E-state index in [1.807, 2.05) is 62.2 Å². The fourth-order valence-electron chi connectivity index (χ4n) is 6.87. The largest absolute Gasteiger partial charge is 0.444 e. The van der Waals surface area contributed by atoms with Crippen LogP contribution in [0.3, 0.4) is 0 Å². The molecule has 2 aromatic heterocycles. The SMILES string of the molecule is CN(C(=O)OC(C)(C)C)C1CCN(C(=O)c2cccc(-c3cc(-c4c(N5CCOCC5)sc5c4CC(C)(C)CC5=O)ccn3)c2)CC1. The van der Waals surface area contributed by atoms with E-state index in [2.05, 4.69) is 24.8 Å². The summed E-state index contributed by atoms with van der Waals surface area (Å²) in [4.78, 5) is 51.1. The lowest BCUT2D eigenvalue weighted by Crippen LogP contribution is -2.48. The molecule has 1 aromatic carbocycles. The molecule has 0 bridgehead atoms. The topological polar surface area (TPSA) is 92.3 Å². The second-order valence-corrected chi connectivity index (χ2v) is 15.8. The molecule has 2 aliphatic heterocycles. The van der Waals surface area contributed by atoms with Gasteiger partial charge in [-0.25, -0.2) is 4.79 Å². The summed E-state index contributed by atoms with van der Waals surface area (Å²) in [6.45, 7) is 14.0. The number of ketones is 1. The zero-order chi connectivity index (χ0) is 33.5. The molecule has 0 unspecified atom stereocenters. The molecule has 9 nitrogen and oxygen atoms in total. The van der Waals surface area contributed by atoms with Gasteiger partial charge in [-0.05, 0) is 80.8 Å². The first-order chi connectivity index (χ1) is 22.3. The second-order valence-electron chi connectivity index (χ2n) is 14.8. The van der Waals surface area contributed by atoms with Crippen molar-refractivity contribution in [3.63, 3.8) is 0 Å². The van der Waals surface area contributed by atoms with E-state index < -0.39 is 5.60 Å². The number of rotatable bonds is 5. The minimum absolute atomic E-state index is 0.0244. The fraction of sp³-hybridized carbons (Fsp3) is 0.514. The van der Waals surface area contributed by atoms with Crippen LogP contribution in [0.25, 0.3) is 22.4 Å². The number of thiophene rings is 1. The Hall–Kier alpha value is -3.76. The summed E-state index contributed by atoms with van der Waals surface area (Å²) in [5, 5.41) is 1.13. The molecule has 47 heavy (non-hydrogen) atoms. The highest BCUT2D eigenvalue weighted by Crippen LogP contribution is 2.49. The molecular weight excluding hydrogens is 612 g/mol. The summed E-state index contributed by atoms with van der Waals surface area (Å²) >= 11 is 1.62. The Bertz CT molecular complexity index is 1660. The second kappa shape index (κ2) is 13.0. The molecular formula is C37H46N4O5S. The summed E-state index contributed by atoms with van der Waals surface area (Å²) < 4.78 is 11.2. The van der Waals surface area contributed by atoms with E-state index >= 15 is 0 Å². The third kappa shape index (κ3) is 7.23. The number of ether oxygens (including phenoxy) is 2. The first-order valence-electron chi connectivity index (χ1n) is 16.6. The van der Waals surface area contributed by atoms with Crippen molar-refractivity contribution < 1.29 is 23.9 Å². The minimum atomic E-state index is -0.550. The highest BCUT2D eigenvalue weighted by Gasteiger charge is 2.37. The molecule has 1 aliphatic carbocycles. The normalized spacial score (nSPS) is 18.6. The molecule has 250 valence electrons. The molecule has 0 radical (unpaired) electrons. The van der Waals surface area contributed by atoms with Gasteiger partial charge >= 0.3 is 6.09 Å². The standard InChI is InChI=1S/C37H46N4O5S/c1-36(2,3)46-35(44)39(6)27-11-14-40(15-12-27)33(43)26-9-7-8-24(20-26)29-21-25(10-13-38-29)31-28-22-37(4,5)23-30(42)32(28)47-34(31)41-16-18-45-19-17-41/h7-10,13,20-21,27H,11-12,14-19,22-23H2,1-6H3. The lowest BCUT2D eigenvalue weighted by molar-refractivity contribution is 0.0155. The summed E-state index contributed by atoms with van der Waals surface area (Å²) in [5.74, 6) is 0.201. The highest BCUT2D eigenvalue weighted by molar-refractivity contribution is 7.19. The van der Waals surface area contributed by atoms with Crippen LogP contribution in [0.4, 0.5) is 9.80 Å². The number of amides is 2. The van der Waals surface area contributed by atoms with E-state index in [0.717, 1.165) is 57.3 Å². The molecule has 0 atom stereocenters. The maximum Gasteiger partial charge on any atom is 0.410 e. The Kier molecular flexibility index (Phi) is 9.19. The average molecular weight is 659 g/mol. The zero-order valence-electron chi connectivity index (χ0n) is 28.4. The van der Waals surface area contributed by atoms with Gasteiger partial charge in [0.1, 0.15) is 5.60 Å². The number of pyridine rings is 1. The first-order valence-corrected chi connectivity index (χ1v) is 17.4. The molecule has 6 rings (SSSR count).